The molecular formula is C16H28N2. The summed E-state index contributed by atoms with van der Waals surface area (Å²) in [6.07, 6.45) is 1.19. The third-order valence-electron chi connectivity index (χ3n) is 3.31. The zero-order chi connectivity index (χ0) is 13.5. The van der Waals surface area contributed by atoms with Gasteiger partial charge in [0, 0.05) is 24.8 Å². The van der Waals surface area contributed by atoms with Crippen LogP contribution >= 0.6 is 0 Å². The number of nitrogens with zero attached hydrogens (tertiary/aromatic N) is 1. The summed E-state index contributed by atoms with van der Waals surface area (Å²) in [6.45, 7) is 14.2. The Morgan fingerprint density at radius 3 is 2.44 bits per heavy atom. The predicted octanol–water partition coefficient (Wildman–Crippen LogP) is 3.73. The first-order chi connectivity index (χ1) is 8.60. The second-order valence-corrected chi connectivity index (χ2v) is 5.18. The highest BCUT2D eigenvalue weighted by Gasteiger charge is 2.10. The zero-order valence-electron chi connectivity index (χ0n) is 12.6. The molecule has 0 amide bonds. The summed E-state index contributed by atoms with van der Waals surface area (Å²) in [7, 11) is 0. The van der Waals surface area contributed by atoms with E-state index in [0.29, 0.717) is 6.04 Å². The Labute approximate surface area is 112 Å². The molecule has 0 fully saturated rings. The van der Waals surface area contributed by atoms with Crippen molar-refractivity contribution >= 4 is 5.69 Å². The molecule has 0 atom stereocenters. The van der Waals surface area contributed by atoms with Crippen molar-refractivity contribution < 1.29 is 0 Å². The maximum absolute atomic E-state index is 3.39. The van der Waals surface area contributed by atoms with Crippen molar-refractivity contribution in [3.63, 3.8) is 0 Å². The van der Waals surface area contributed by atoms with E-state index in [1.807, 2.05) is 0 Å². The van der Waals surface area contributed by atoms with Crippen molar-refractivity contribution in [3.05, 3.63) is 29.3 Å². The standard InChI is InChI=1S/C16H28N2/c1-6-10-18(13(3)4)16-9-8-15(12-17-7-2)14(5)11-16/h8-9,11,13,17H,6-7,10,12H2,1-5H3. The van der Waals surface area contributed by atoms with Gasteiger partial charge in [-0.05, 0) is 57.0 Å². The SMILES string of the molecule is CCCN(c1ccc(CNCC)c(C)c1)C(C)C. The molecule has 0 bridgehead atoms. The fraction of sp³-hybridized carbons (Fsp3) is 0.625. The molecular weight excluding hydrogens is 220 g/mol. The van der Waals surface area contributed by atoms with Crippen molar-refractivity contribution in [2.75, 3.05) is 18.0 Å². The maximum Gasteiger partial charge on any atom is 0.0371 e. The summed E-state index contributed by atoms with van der Waals surface area (Å²) in [5.41, 5.74) is 4.14. The highest BCUT2D eigenvalue weighted by molar-refractivity contribution is 5.51. The van der Waals surface area contributed by atoms with Gasteiger partial charge in [0.2, 0.25) is 0 Å². The van der Waals surface area contributed by atoms with Crippen LogP contribution in [0.2, 0.25) is 0 Å². The van der Waals surface area contributed by atoms with E-state index >= 15 is 0 Å². The molecule has 0 saturated heterocycles. The van der Waals surface area contributed by atoms with E-state index in [4.69, 9.17) is 0 Å². The Kier molecular flexibility index (Phi) is 6.20. The lowest BCUT2D eigenvalue weighted by Gasteiger charge is -2.29. The van der Waals surface area contributed by atoms with Crippen LogP contribution in [-0.2, 0) is 6.54 Å². The van der Waals surface area contributed by atoms with E-state index in [1.165, 1.54) is 23.2 Å². The minimum absolute atomic E-state index is 0.559. The number of anilines is 1. The highest BCUT2D eigenvalue weighted by Crippen LogP contribution is 2.21. The minimum Gasteiger partial charge on any atom is -0.369 e. The molecule has 0 heterocycles. The summed E-state index contributed by atoms with van der Waals surface area (Å²) in [6, 6.07) is 7.40. The van der Waals surface area contributed by atoms with E-state index < -0.39 is 0 Å². The number of hydrogen-bond donors (Lipinski definition) is 1. The van der Waals surface area contributed by atoms with Gasteiger partial charge in [-0.25, -0.2) is 0 Å². The largest absolute Gasteiger partial charge is 0.369 e. The molecule has 0 aromatic heterocycles. The van der Waals surface area contributed by atoms with Crippen molar-refractivity contribution in [1.82, 2.24) is 5.32 Å². The first kappa shape index (κ1) is 15.0. The van der Waals surface area contributed by atoms with Crippen LogP contribution in [0.15, 0.2) is 18.2 Å². The Hall–Kier alpha value is -1.02. The van der Waals surface area contributed by atoms with Crippen LogP contribution in [-0.4, -0.2) is 19.1 Å². The van der Waals surface area contributed by atoms with Gasteiger partial charge in [0.1, 0.15) is 0 Å². The summed E-state index contributed by atoms with van der Waals surface area (Å²) in [5.74, 6) is 0. The molecule has 1 aromatic carbocycles. The summed E-state index contributed by atoms with van der Waals surface area (Å²) in [5, 5.41) is 3.39. The number of aryl methyl sites for hydroxylation is 1. The highest BCUT2D eigenvalue weighted by atomic mass is 15.1. The van der Waals surface area contributed by atoms with Gasteiger partial charge in [-0.1, -0.05) is 19.9 Å². The first-order valence-corrected chi connectivity index (χ1v) is 7.17. The van der Waals surface area contributed by atoms with E-state index in [0.717, 1.165) is 19.6 Å². The summed E-state index contributed by atoms with van der Waals surface area (Å²) in [4.78, 5) is 2.48. The Morgan fingerprint density at radius 1 is 1.22 bits per heavy atom. The Bertz CT molecular complexity index is 358. The van der Waals surface area contributed by atoms with E-state index in [2.05, 4.69) is 63.0 Å². The topological polar surface area (TPSA) is 15.3 Å². The third-order valence-corrected chi connectivity index (χ3v) is 3.31. The maximum atomic E-state index is 3.39. The lowest BCUT2D eigenvalue weighted by Crippen LogP contribution is -2.31. The number of rotatable bonds is 7. The molecule has 2 heteroatoms. The lowest BCUT2D eigenvalue weighted by molar-refractivity contribution is 0.670. The van der Waals surface area contributed by atoms with Gasteiger partial charge in [0.15, 0.2) is 0 Å². The van der Waals surface area contributed by atoms with Crippen LogP contribution in [0.4, 0.5) is 5.69 Å². The second-order valence-electron chi connectivity index (χ2n) is 5.18. The molecule has 2 nitrogen and oxygen atoms in total. The second kappa shape index (κ2) is 7.42. The molecule has 0 aliphatic carbocycles. The van der Waals surface area contributed by atoms with Gasteiger partial charge >= 0.3 is 0 Å². The van der Waals surface area contributed by atoms with E-state index in [1.54, 1.807) is 0 Å². The van der Waals surface area contributed by atoms with Gasteiger partial charge in [-0.15, -0.1) is 0 Å². The smallest absolute Gasteiger partial charge is 0.0371 e. The molecule has 1 aromatic rings. The van der Waals surface area contributed by atoms with E-state index in [9.17, 15) is 0 Å². The Balaban J connectivity index is 2.87. The molecule has 1 N–H and O–H groups in total. The van der Waals surface area contributed by atoms with Crippen LogP contribution in [0.1, 0.15) is 45.2 Å². The molecule has 102 valence electrons. The molecule has 0 radical (unpaired) electrons. The monoisotopic (exact) mass is 248 g/mol. The Morgan fingerprint density at radius 2 is 1.94 bits per heavy atom. The fourth-order valence-electron chi connectivity index (χ4n) is 2.24. The van der Waals surface area contributed by atoms with Gasteiger partial charge in [-0.2, -0.15) is 0 Å². The molecule has 1 rings (SSSR count). The third kappa shape index (κ3) is 4.02. The van der Waals surface area contributed by atoms with Crippen LogP contribution < -0.4 is 10.2 Å². The normalized spacial score (nSPS) is 11.0. The molecule has 0 saturated carbocycles. The molecule has 18 heavy (non-hydrogen) atoms. The summed E-state index contributed by atoms with van der Waals surface area (Å²) < 4.78 is 0. The average molecular weight is 248 g/mol. The number of hydrogen-bond acceptors (Lipinski definition) is 2. The van der Waals surface area contributed by atoms with Crippen molar-refractivity contribution in [2.45, 2.75) is 53.6 Å². The number of nitrogens with one attached hydrogen (secondary N) is 1. The van der Waals surface area contributed by atoms with Gasteiger partial charge in [0.25, 0.3) is 0 Å². The minimum atomic E-state index is 0.559. The zero-order valence-corrected chi connectivity index (χ0v) is 12.6. The first-order valence-electron chi connectivity index (χ1n) is 7.17. The van der Waals surface area contributed by atoms with Gasteiger partial charge in [-0.3, -0.25) is 0 Å². The van der Waals surface area contributed by atoms with Crippen LogP contribution in [0.3, 0.4) is 0 Å². The van der Waals surface area contributed by atoms with Crippen LogP contribution in [0.5, 0.6) is 0 Å². The molecule has 0 unspecified atom stereocenters. The fourth-order valence-corrected chi connectivity index (χ4v) is 2.24. The molecule has 0 spiro atoms. The van der Waals surface area contributed by atoms with Crippen molar-refractivity contribution in [1.29, 1.82) is 0 Å². The van der Waals surface area contributed by atoms with Crippen LogP contribution in [0, 0.1) is 6.92 Å². The van der Waals surface area contributed by atoms with Crippen molar-refractivity contribution in [2.24, 2.45) is 0 Å². The summed E-state index contributed by atoms with van der Waals surface area (Å²) >= 11 is 0. The van der Waals surface area contributed by atoms with Crippen LogP contribution in [0.25, 0.3) is 0 Å². The lowest BCUT2D eigenvalue weighted by atomic mass is 10.1. The van der Waals surface area contributed by atoms with E-state index in [-0.39, 0.29) is 0 Å². The average Bonchev–Trinajstić information content (AvgIpc) is 2.34. The van der Waals surface area contributed by atoms with Crippen molar-refractivity contribution in [3.8, 4) is 0 Å². The van der Waals surface area contributed by atoms with Gasteiger partial charge in [0.05, 0.1) is 0 Å². The quantitative estimate of drug-likeness (QED) is 0.791. The number of benzene rings is 1. The van der Waals surface area contributed by atoms with Gasteiger partial charge < -0.3 is 10.2 Å². The molecule has 0 aliphatic rings. The predicted molar refractivity (Wildman–Crippen MR) is 81.3 cm³/mol. The molecule has 0 aliphatic heterocycles.